The van der Waals surface area contributed by atoms with Gasteiger partial charge in [0.05, 0.1) is 12.9 Å². The summed E-state index contributed by atoms with van der Waals surface area (Å²) in [6.07, 6.45) is 5.46. The zero-order valence-electron chi connectivity index (χ0n) is 10.8. The Hall–Kier alpha value is -0.590. The Balaban J connectivity index is 2.40. The number of ether oxygens (including phenoxy) is 1. The van der Waals surface area contributed by atoms with Crippen LogP contribution in [0.1, 0.15) is 19.8 Å². The molecule has 0 spiro atoms. The molecule has 1 aliphatic heterocycles. The van der Waals surface area contributed by atoms with Crippen LogP contribution < -0.4 is 0 Å². The smallest absolute Gasteiger partial charge is 0.281 e. The van der Waals surface area contributed by atoms with Gasteiger partial charge in [-0.05, 0) is 12.8 Å². The second-order valence-electron chi connectivity index (χ2n) is 4.42. The first-order valence-corrected chi connectivity index (χ1v) is 7.32. The quantitative estimate of drug-likeness (QED) is 0.672. The standard InChI is InChI=1S/C11H22N2O3S/c1-4-5-8-16-10-11-6-7-13(9-11)17(14,15)12(2)3/h5,8,11H,4,6-7,9-10H2,1-3H3/b8-5+. The predicted molar refractivity (Wildman–Crippen MR) is 67.7 cm³/mol. The van der Waals surface area contributed by atoms with Gasteiger partial charge in [0.1, 0.15) is 0 Å². The first-order valence-electron chi connectivity index (χ1n) is 5.92. The van der Waals surface area contributed by atoms with Crippen molar-refractivity contribution in [3.8, 4) is 0 Å². The molecule has 0 amide bonds. The van der Waals surface area contributed by atoms with Crippen molar-refractivity contribution in [2.24, 2.45) is 5.92 Å². The molecule has 1 fully saturated rings. The highest BCUT2D eigenvalue weighted by Gasteiger charge is 2.32. The number of hydrogen-bond donors (Lipinski definition) is 0. The molecule has 0 radical (unpaired) electrons. The van der Waals surface area contributed by atoms with Gasteiger partial charge >= 0.3 is 0 Å². The van der Waals surface area contributed by atoms with Gasteiger partial charge < -0.3 is 4.74 Å². The topological polar surface area (TPSA) is 49.9 Å². The molecule has 100 valence electrons. The van der Waals surface area contributed by atoms with Gasteiger partial charge in [-0.1, -0.05) is 13.0 Å². The van der Waals surface area contributed by atoms with Crippen molar-refractivity contribution in [2.75, 3.05) is 33.8 Å². The fourth-order valence-corrected chi connectivity index (χ4v) is 2.93. The van der Waals surface area contributed by atoms with E-state index in [2.05, 4.69) is 0 Å². The largest absolute Gasteiger partial charge is 0.501 e. The summed E-state index contributed by atoms with van der Waals surface area (Å²) in [7, 11) is -0.134. The van der Waals surface area contributed by atoms with E-state index in [4.69, 9.17) is 4.74 Å². The zero-order valence-corrected chi connectivity index (χ0v) is 11.6. The number of rotatable bonds is 6. The SMILES string of the molecule is CC/C=C/OCC1CCN(S(=O)(=O)N(C)C)C1. The molecule has 0 aromatic rings. The number of hydrogen-bond acceptors (Lipinski definition) is 3. The predicted octanol–water partition coefficient (Wildman–Crippen LogP) is 1.05. The molecule has 1 heterocycles. The molecular weight excluding hydrogens is 240 g/mol. The number of allylic oxidation sites excluding steroid dienone is 1. The maximum absolute atomic E-state index is 11.9. The van der Waals surface area contributed by atoms with E-state index in [1.54, 1.807) is 20.4 Å². The highest BCUT2D eigenvalue weighted by atomic mass is 32.2. The van der Waals surface area contributed by atoms with Crippen molar-refractivity contribution < 1.29 is 13.2 Å². The highest BCUT2D eigenvalue weighted by Crippen LogP contribution is 2.20. The molecule has 17 heavy (non-hydrogen) atoms. The Morgan fingerprint density at radius 3 is 2.76 bits per heavy atom. The normalized spacial score (nSPS) is 22.7. The monoisotopic (exact) mass is 262 g/mol. The van der Waals surface area contributed by atoms with Crippen LogP contribution in [0.2, 0.25) is 0 Å². The average molecular weight is 262 g/mol. The Morgan fingerprint density at radius 2 is 2.18 bits per heavy atom. The third-order valence-electron chi connectivity index (χ3n) is 2.80. The Bertz CT molecular complexity index is 352. The van der Waals surface area contributed by atoms with E-state index >= 15 is 0 Å². The summed E-state index contributed by atoms with van der Waals surface area (Å²) < 4.78 is 31.8. The lowest BCUT2D eigenvalue weighted by molar-refractivity contribution is 0.199. The molecule has 1 saturated heterocycles. The van der Waals surface area contributed by atoms with Gasteiger partial charge in [0, 0.05) is 33.1 Å². The average Bonchev–Trinajstić information content (AvgIpc) is 2.73. The zero-order chi connectivity index (χ0) is 12.9. The van der Waals surface area contributed by atoms with Gasteiger partial charge in [-0.25, -0.2) is 0 Å². The molecular formula is C11H22N2O3S. The van der Waals surface area contributed by atoms with Gasteiger partial charge in [-0.15, -0.1) is 0 Å². The second-order valence-corrected chi connectivity index (χ2v) is 6.56. The molecule has 0 aliphatic carbocycles. The minimum absolute atomic E-state index is 0.297. The van der Waals surface area contributed by atoms with Crippen LogP contribution in [0.25, 0.3) is 0 Å². The Kier molecular flexibility index (Phi) is 5.42. The van der Waals surface area contributed by atoms with Crippen LogP contribution in [-0.4, -0.2) is 50.8 Å². The third kappa shape index (κ3) is 3.97. The summed E-state index contributed by atoms with van der Waals surface area (Å²) in [6, 6.07) is 0. The van der Waals surface area contributed by atoms with Crippen LogP contribution in [0.3, 0.4) is 0 Å². The maximum Gasteiger partial charge on any atom is 0.281 e. The lowest BCUT2D eigenvalue weighted by Gasteiger charge is -2.20. The Morgan fingerprint density at radius 1 is 1.47 bits per heavy atom. The van der Waals surface area contributed by atoms with Crippen LogP contribution in [0, 0.1) is 5.92 Å². The molecule has 0 N–H and O–H groups in total. The van der Waals surface area contributed by atoms with E-state index in [0.29, 0.717) is 25.6 Å². The molecule has 0 bridgehead atoms. The van der Waals surface area contributed by atoms with Crippen molar-refractivity contribution in [1.82, 2.24) is 8.61 Å². The second kappa shape index (κ2) is 6.37. The lowest BCUT2D eigenvalue weighted by Crippen LogP contribution is -2.38. The van der Waals surface area contributed by atoms with Crippen LogP contribution in [0.5, 0.6) is 0 Å². The van der Waals surface area contributed by atoms with E-state index in [1.165, 1.54) is 8.61 Å². The summed E-state index contributed by atoms with van der Waals surface area (Å²) in [5.74, 6) is 0.297. The fraction of sp³-hybridized carbons (Fsp3) is 0.818. The molecule has 1 atom stereocenters. The minimum Gasteiger partial charge on any atom is -0.501 e. The first-order chi connectivity index (χ1) is 7.98. The van der Waals surface area contributed by atoms with Crippen molar-refractivity contribution in [1.29, 1.82) is 0 Å². The molecule has 5 nitrogen and oxygen atoms in total. The van der Waals surface area contributed by atoms with E-state index in [0.717, 1.165) is 12.8 Å². The van der Waals surface area contributed by atoms with E-state index in [-0.39, 0.29) is 0 Å². The first kappa shape index (κ1) is 14.5. The molecule has 6 heteroatoms. The summed E-state index contributed by atoms with van der Waals surface area (Å²) in [6.45, 7) is 3.78. The van der Waals surface area contributed by atoms with Crippen molar-refractivity contribution in [3.63, 3.8) is 0 Å². The molecule has 0 aromatic heterocycles. The van der Waals surface area contributed by atoms with Gasteiger partial charge in [-0.3, -0.25) is 0 Å². The molecule has 1 aliphatic rings. The maximum atomic E-state index is 11.9. The van der Waals surface area contributed by atoms with Gasteiger partial charge in [0.25, 0.3) is 10.2 Å². The van der Waals surface area contributed by atoms with Gasteiger partial charge in [0.15, 0.2) is 0 Å². The molecule has 0 aromatic carbocycles. The third-order valence-corrected chi connectivity index (χ3v) is 4.70. The van der Waals surface area contributed by atoms with Crippen LogP contribution >= 0.6 is 0 Å². The van der Waals surface area contributed by atoms with E-state index in [1.807, 2.05) is 13.0 Å². The van der Waals surface area contributed by atoms with Crippen molar-refractivity contribution in [2.45, 2.75) is 19.8 Å². The lowest BCUT2D eigenvalue weighted by atomic mass is 10.1. The van der Waals surface area contributed by atoms with Crippen molar-refractivity contribution in [3.05, 3.63) is 12.3 Å². The summed E-state index contributed by atoms with van der Waals surface area (Å²) in [5, 5.41) is 0. The van der Waals surface area contributed by atoms with Gasteiger partial charge in [-0.2, -0.15) is 17.0 Å². The summed E-state index contributed by atoms with van der Waals surface area (Å²) in [4.78, 5) is 0. The van der Waals surface area contributed by atoms with E-state index in [9.17, 15) is 8.42 Å². The highest BCUT2D eigenvalue weighted by molar-refractivity contribution is 7.86. The van der Waals surface area contributed by atoms with E-state index < -0.39 is 10.2 Å². The molecule has 1 unspecified atom stereocenters. The van der Waals surface area contributed by atoms with Crippen LogP contribution in [0.15, 0.2) is 12.3 Å². The fourth-order valence-electron chi connectivity index (χ4n) is 1.73. The van der Waals surface area contributed by atoms with Crippen LogP contribution in [-0.2, 0) is 14.9 Å². The summed E-state index contributed by atoms with van der Waals surface area (Å²) in [5.41, 5.74) is 0. The van der Waals surface area contributed by atoms with Crippen molar-refractivity contribution >= 4 is 10.2 Å². The van der Waals surface area contributed by atoms with Crippen LogP contribution in [0.4, 0.5) is 0 Å². The minimum atomic E-state index is -3.25. The van der Waals surface area contributed by atoms with Gasteiger partial charge in [0.2, 0.25) is 0 Å². The molecule has 0 saturated carbocycles. The summed E-state index contributed by atoms with van der Waals surface area (Å²) >= 11 is 0. The number of nitrogens with zero attached hydrogens (tertiary/aromatic N) is 2. The Labute approximate surface area is 104 Å². The molecule has 1 rings (SSSR count).